The number of aryl methyl sites for hydroxylation is 1. The molecule has 0 saturated carbocycles. The lowest BCUT2D eigenvalue weighted by Crippen LogP contribution is -2.12. The summed E-state index contributed by atoms with van der Waals surface area (Å²) < 4.78 is 0. The molecule has 2 aromatic heterocycles. The molecule has 3 N–H and O–H groups in total. The number of nitrogens with zero attached hydrogens (tertiary/aromatic N) is 1. The topological polar surface area (TPSA) is 68.0 Å². The highest BCUT2D eigenvalue weighted by Gasteiger charge is 2.12. The standard InChI is InChI=1S/C14H13N3OS/c1-10-4-5-12(16-9-10)17-14(18)13-11(3-2-7-15)6-8-19-13/h4-6,8-9H,7,15H2,1H3,(H,16,17,18). The Balaban J connectivity index is 2.16. The summed E-state index contributed by atoms with van der Waals surface area (Å²) in [5, 5.41) is 4.58. The van der Waals surface area contributed by atoms with Crippen LogP contribution in [0.1, 0.15) is 20.8 Å². The van der Waals surface area contributed by atoms with Crippen molar-refractivity contribution in [3.05, 3.63) is 45.8 Å². The highest BCUT2D eigenvalue weighted by atomic mass is 32.1. The summed E-state index contributed by atoms with van der Waals surface area (Å²) in [6.07, 6.45) is 1.71. The van der Waals surface area contributed by atoms with Crippen molar-refractivity contribution in [2.45, 2.75) is 6.92 Å². The molecule has 0 aliphatic heterocycles. The summed E-state index contributed by atoms with van der Waals surface area (Å²) in [6.45, 7) is 2.22. The predicted molar refractivity (Wildman–Crippen MR) is 77.2 cm³/mol. The Kier molecular flexibility index (Phi) is 4.29. The lowest BCUT2D eigenvalue weighted by molar-refractivity contribution is 0.103. The largest absolute Gasteiger partial charge is 0.320 e. The summed E-state index contributed by atoms with van der Waals surface area (Å²) in [7, 11) is 0. The van der Waals surface area contributed by atoms with Crippen molar-refractivity contribution >= 4 is 23.1 Å². The molecule has 19 heavy (non-hydrogen) atoms. The van der Waals surface area contributed by atoms with Crippen LogP contribution in [-0.2, 0) is 0 Å². The van der Waals surface area contributed by atoms with Crippen molar-refractivity contribution in [3.8, 4) is 11.8 Å². The maximum Gasteiger partial charge on any atom is 0.268 e. The van der Waals surface area contributed by atoms with Crippen molar-refractivity contribution in [2.24, 2.45) is 5.73 Å². The van der Waals surface area contributed by atoms with Gasteiger partial charge in [-0.1, -0.05) is 17.9 Å². The molecule has 0 saturated heterocycles. The van der Waals surface area contributed by atoms with E-state index in [2.05, 4.69) is 22.1 Å². The molecular formula is C14H13N3OS. The molecule has 5 heteroatoms. The molecule has 0 aromatic carbocycles. The van der Waals surface area contributed by atoms with E-state index in [1.54, 1.807) is 12.3 Å². The highest BCUT2D eigenvalue weighted by Crippen LogP contribution is 2.17. The molecular weight excluding hydrogens is 258 g/mol. The molecule has 0 bridgehead atoms. The minimum absolute atomic E-state index is 0.201. The fourth-order valence-electron chi connectivity index (χ4n) is 1.44. The summed E-state index contributed by atoms with van der Waals surface area (Å²) in [5.74, 6) is 5.96. The van der Waals surface area contributed by atoms with Crippen LogP contribution in [0.15, 0.2) is 29.8 Å². The van der Waals surface area contributed by atoms with E-state index in [0.717, 1.165) is 5.56 Å². The number of thiophene rings is 1. The van der Waals surface area contributed by atoms with Gasteiger partial charge in [0, 0.05) is 11.8 Å². The molecule has 4 nitrogen and oxygen atoms in total. The second-order valence-electron chi connectivity index (χ2n) is 3.84. The Morgan fingerprint density at radius 3 is 3.00 bits per heavy atom. The number of anilines is 1. The van der Waals surface area contributed by atoms with Gasteiger partial charge in [0.25, 0.3) is 5.91 Å². The highest BCUT2D eigenvalue weighted by molar-refractivity contribution is 7.12. The van der Waals surface area contributed by atoms with Gasteiger partial charge in [0.1, 0.15) is 10.7 Å². The zero-order valence-corrected chi connectivity index (χ0v) is 11.3. The van der Waals surface area contributed by atoms with E-state index < -0.39 is 0 Å². The van der Waals surface area contributed by atoms with Gasteiger partial charge in [-0.15, -0.1) is 11.3 Å². The number of carbonyl (C=O) groups is 1. The Labute approximate surface area is 115 Å². The number of carbonyl (C=O) groups excluding carboxylic acids is 1. The van der Waals surface area contributed by atoms with Crippen molar-refractivity contribution in [3.63, 3.8) is 0 Å². The van der Waals surface area contributed by atoms with Gasteiger partial charge in [-0.05, 0) is 30.0 Å². The molecule has 2 heterocycles. The number of nitrogens with two attached hydrogens (primary N) is 1. The van der Waals surface area contributed by atoms with E-state index >= 15 is 0 Å². The average Bonchev–Trinajstić information content (AvgIpc) is 2.87. The molecule has 0 radical (unpaired) electrons. The molecule has 0 aliphatic rings. The second kappa shape index (κ2) is 6.14. The van der Waals surface area contributed by atoms with Crippen LogP contribution < -0.4 is 11.1 Å². The van der Waals surface area contributed by atoms with E-state index in [9.17, 15) is 4.79 Å². The molecule has 2 rings (SSSR count). The molecule has 0 fully saturated rings. The minimum Gasteiger partial charge on any atom is -0.320 e. The van der Waals surface area contributed by atoms with Gasteiger partial charge in [0.2, 0.25) is 0 Å². The molecule has 1 amide bonds. The molecule has 2 aromatic rings. The zero-order valence-electron chi connectivity index (χ0n) is 10.4. The summed E-state index contributed by atoms with van der Waals surface area (Å²) in [4.78, 5) is 16.8. The van der Waals surface area contributed by atoms with E-state index in [1.807, 2.05) is 24.4 Å². The molecule has 96 valence electrons. The molecule has 0 atom stereocenters. The average molecular weight is 271 g/mol. The SMILES string of the molecule is Cc1ccc(NC(=O)c2sccc2C#CCN)nc1. The fraction of sp³-hybridized carbons (Fsp3) is 0.143. The van der Waals surface area contributed by atoms with Crippen molar-refractivity contribution < 1.29 is 4.79 Å². The fourth-order valence-corrected chi connectivity index (χ4v) is 2.19. The Morgan fingerprint density at radius 1 is 1.47 bits per heavy atom. The van der Waals surface area contributed by atoms with Gasteiger partial charge in [-0.2, -0.15) is 0 Å². The third kappa shape index (κ3) is 3.41. The number of hydrogen-bond donors (Lipinski definition) is 2. The zero-order chi connectivity index (χ0) is 13.7. The first-order chi connectivity index (χ1) is 9.20. The number of pyridine rings is 1. The van der Waals surface area contributed by atoms with Crippen LogP contribution in [0.4, 0.5) is 5.82 Å². The van der Waals surface area contributed by atoms with Crippen LogP contribution >= 0.6 is 11.3 Å². The van der Waals surface area contributed by atoms with Gasteiger partial charge in [0.15, 0.2) is 0 Å². The van der Waals surface area contributed by atoms with Gasteiger partial charge < -0.3 is 11.1 Å². The first kappa shape index (κ1) is 13.3. The number of aromatic nitrogens is 1. The smallest absolute Gasteiger partial charge is 0.268 e. The monoisotopic (exact) mass is 271 g/mol. The number of nitrogens with one attached hydrogen (secondary N) is 1. The van der Waals surface area contributed by atoms with E-state index in [0.29, 0.717) is 16.3 Å². The number of rotatable bonds is 2. The molecule has 0 spiro atoms. The van der Waals surface area contributed by atoms with Crippen LogP contribution in [0.5, 0.6) is 0 Å². The maximum absolute atomic E-state index is 12.1. The van der Waals surface area contributed by atoms with Crippen LogP contribution in [0.3, 0.4) is 0 Å². The lowest BCUT2D eigenvalue weighted by atomic mass is 10.2. The maximum atomic E-state index is 12.1. The number of amides is 1. The predicted octanol–water partition coefficient (Wildman–Crippen LogP) is 2.01. The van der Waals surface area contributed by atoms with Gasteiger partial charge in [-0.25, -0.2) is 4.98 Å². The van der Waals surface area contributed by atoms with Crippen LogP contribution in [-0.4, -0.2) is 17.4 Å². The van der Waals surface area contributed by atoms with Crippen LogP contribution in [0.2, 0.25) is 0 Å². The Bertz CT molecular complexity index is 635. The van der Waals surface area contributed by atoms with Gasteiger partial charge in [-0.3, -0.25) is 4.79 Å². The van der Waals surface area contributed by atoms with E-state index in [-0.39, 0.29) is 12.5 Å². The Hall–Kier alpha value is -2.16. The third-order valence-corrected chi connectivity index (χ3v) is 3.26. The number of hydrogen-bond acceptors (Lipinski definition) is 4. The molecule has 0 unspecified atom stereocenters. The minimum atomic E-state index is -0.201. The molecule has 0 aliphatic carbocycles. The van der Waals surface area contributed by atoms with Crippen LogP contribution in [0.25, 0.3) is 0 Å². The first-order valence-corrected chi connectivity index (χ1v) is 6.59. The Morgan fingerprint density at radius 2 is 2.32 bits per heavy atom. The van der Waals surface area contributed by atoms with Crippen molar-refractivity contribution in [1.29, 1.82) is 0 Å². The second-order valence-corrected chi connectivity index (χ2v) is 4.76. The van der Waals surface area contributed by atoms with Crippen LogP contribution in [0, 0.1) is 18.8 Å². The summed E-state index contributed by atoms with van der Waals surface area (Å²) >= 11 is 1.35. The summed E-state index contributed by atoms with van der Waals surface area (Å²) in [5.41, 5.74) is 7.07. The van der Waals surface area contributed by atoms with Crippen molar-refractivity contribution in [1.82, 2.24) is 4.98 Å². The lowest BCUT2D eigenvalue weighted by Gasteiger charge is -2.03. The van der Waals surface area contributed by atoms with E-state index in [4.69, 9.17) is 5.73 Å². The van der Waals surface area contributed by atoms with E-state index in [1.165, 1.54) is 11.3 Å². The van der Waals surface area contributed by atoms with Gasteiger partial charge >= 0.3 is 0 Å². The summed E-state index contributed by atoms with van der Waals surface area (Å²) in [6, 6.07) is 5.48. The third-order valence-electron chi connectivity index (χ3n) is 2.35. The van der Waals surface area contributed by atoms with Crippen molar-refractivity contribution in [2.75, 3.05) is 11.9 Å². The normalized spacial score (nSPS) is 9.58. The first-order valence-electron chi connectivity index (χ1n) is 5.71. The quantitative estimate of drug-likeness (QED) is 0.821. The van der Waals surface area contributed by atoms with Gasteiger partial charge in [0.05, 0.1) is 6.54 Å².